The van der Waals surface area contributed by atoms with Crippen molar-refractivity contribution in [3.8, 4) is 33.8 Å². The summed E-state index contributed by atoms with van der Waals surface area (Å²) in [7, 11) is -5.67. The van der Waals surface area contributed by atoms with Gasteiger partial charge < -0.3 is 9.05 Å². The van der Waals surface area contributed by atoms with E-state index in [-0.39, 0.29) is 73.2 Å². The van der Waals surface area contributed by atoms with Gasteiger partial charge in [0, 0.05) is 27.7 Å². The number of halogens is 12. The lowest BCUT2D eigenvalue weighted by atomic mass is 9.74. The van der Waals surface area contributed by atoms with Crippen LogP contribution in [-0.4, -0.2) is 4.89 Å². The van der Waals surface area contributed by atoms with Crippen LogP contribution in [0.2, 0.25) is 0 Å². The van der Waals surface area contributed by atoms with E-state index in [4.69, 9.17) is 9.05 Å². The number of rotatable bonds is 2. The molecule has 50 heavy (non-hydrogen) atoms. The van der Waals surface area contributed by atoms with Crippen LogP contribution in [0.5, 0.6) is 11.5 Å². The van der Waals surface area contributed by atoms with Crippen LogP contribution in [0.25, 0.3) is 22.3 Å². The molecule has 0 atom stereocenters. The van der Waals surface area contributed by atoms with E-state index in [9.17, 15) is 62.1 Å². The largest absolute Gasteiger partial charge is 0.584 e. The highest BCUT2D eigenvalue weighted by Gasteiger charge is 2.53. The molecule has 0 saturated heterocycles. The fraction of sp³-hybridized carbons (Fsp3) is 0.273. The summed E-state index contributed by atoms with van der Waals surface area (Å²) in [5, 5.41) is 0. The van der Waals surface area contributed by atoms with Crippen LogP contribution in [0.3, 0.4) is 0 Å². The van der Waals surface area contributed by atoms with E-state index in [2.05, 4.69) is 0 Å². The maximum absolute atomic E-state index is 14.2. The van der Waals surface area contributed by atoms with Crippen molar-refractivity contribution in [3.05, 3.63) is 105 Å². The van der Waals surface area contributed by atoms with Gasteiger partial charge in [-0.15, -0.1) is 0 Å². The van der Waals surface area contributed by atoms with Crippen LogP contribution < -0.4 is 9.05 Å². The molecule has 0 unspecified atom stereocenters. The second-order valence-electron chi connectivity index (χ2n) is 12.2. The standard InChI is InChI=1S/C33H19F12O4P/c34-30(35,36)17-3-7-23(32(40,41)42)21(13-17)19-5-1-15-9-11-29-12-10-16-2-6-20(28(26(16)29)49-50(46,47)48-27(19)25(15)29)22-14-18(31(37,38)39)4-8-24(22)33(43,44)45/h1-8,13-14H,9-12H2,(H,46,47). The van der Waals surface area contributed by atoms with Crippen LogP contribution >= 0.6 is 7.82 Å². The Bertz CT molecular complexity index is 1980. The number of phosphoric acid groups is 1. The lowest BCUT2D eigenvalue weighted by molar-refractivity contribution is -0.141. The Morgan fingerprint density at radius 3 is 1.26 bits per heavy atom. The molecule has 0 amide bonds. The Morgan fingerprint density at radius 2 is 0.920 bits per heavy atom. The molecule has 0 bridgehead atoms. The number of hydrogen-bond acceptors (Lipinski definition) is 3. The molecule has 7 rings (SSSR count). The number of benzene rings is 4. The van der Waals surface area contributed by atoms with E-state index in [1.54, 1.807) is 0 Å². The van der Waals surface area contributed by atoms with Crippen molar-refractivity contribution in [1.29, 1.82) is 0 Å². The number of phosphoric ester groups is 1. The quantitative estimate of drug-likeness (QED) is 0.164. The zero-order chi connectivity index (χ0) is 36.4. The third-order valence-electron chi connectivity index (χ3n) is 9.39. The van der Waals surface area contributed by atoms with Crippen LogP contribution in [0, 0.1) is 0 Å². The zero-order valence-electron chi connectivity index (χ0n) is 24.8. The van der Waals surface area contributed by atoms with Gasteiger partial charge in [0.2, 0.25) is 0 Å². The topological polar surface area (TPSA) is 55.8 Å². The summed E-state index contributed by atoms with van der Waals surface area (Å²) in [6.07, 6.45) is -20.1. The van der Waals surface area contributed by atoms with Crippen molar-refractivity contribution >= 4 is 7.82 Å². The molecule has 1 heterocycles. The maximum Gasteiger partial charge on any atom is 0.584 e. The lowest BCUT2D eigenvalue weighted by Gasteiger charge is -2.35. The van der Waals surface area contributed by atoms with E-state index in [1.807, 2.05) is 0 Å². The molecule has 264 valence electrons. The van der Waals surface area contributed by atoms with Crippen LogP contribution in [0.1, 0.15) is 57.3 Å². The van der Waals surface area contributed by atoms with Gasteiger partial charge in [0.1, 0.15) is 11.5 Å². The van der Waals surface area contributed by atoms with Crippen molar-refractivity contribution in [2.24, 2.45) is 0 Å². The molecule has 0 radical (unpaired) electrons. The summed E-state index contributed by atoms with van der Waals surface area (Å²) in [6.45, 7) is 0. The minimum Gasteiger partial charge on any atom is -0.394 e. The van der Waals surface area contributed by atoms with E-state index in [0.717, 1.165) is 12.1 Å². The molecule has 4 nitrogen and oxygen atoms in total. The molecule has 4 aromatic rings. The first-order valence-corrected chi connectivity index (χ1v) is 16.1. The second-order valence-corrected chi connectivity index (χ2v) is 13.5. The molecule has 1 aliphatic heterocycles. The highest BCUT2D eigenvalue weighted by atomic mass is 31.2. The van der Waals surface area contributed by atoms with Gasteiger partial charge in [-0.05, 0) is 84.3 Å². The van der Waals surface area contributed by atoms with Gasteiger partial charge in [-0.1, -0.05) is 24.3 Å². The maximum atomic E-state index is 14.2. The van der Waals surface area contributed by atoms with Crippen LogP contribution in [-0.2, 0) is 47.5 Å². The van der Waals surface area contributed by atoms with Gasteiger partial charge in [0.25, 0.3) is 0 Å². The van der Waals surface area contributed by atoms with Crippen LogP contribution in [0.4, 0.5) is 52.7 Å². The molecule has 1 spiro atoms. The van der Waals surface area contributed by atoms with E-state index in [0.29, 0.717) is 11.1 Å². The minimum absolute atomic E-state index is 0.0235. The zero-order valence-corrected chi connectivity index (χ0v) is 25.7. The monoisotopic (exact) mass is 738 g/mol. The predicted molar refractivity (Wildman–Crippen MR) is 152 cm³/mol. The van der Waals surface area contributed by atoms with Gasteiger partial charge in [-0.25, -0.2) is 4.57 Å². The Morgan fingerprint density at radius 1 is 0.540 bits per heavy atom. The molecule has 0 saturated carbocycles. The SMILES string of the molecule is O=P1(O)Oc2c(-c3cc(C(F)(F)F)ccc3C(F)(F)F)ccc3c2C2(CC3)CCc3ccc(-c4cc(C(F)(F)F)ccc4C(F)(F)F)c(c32)O1. The number of aryl methyl sites for hydroxylation is 2. The van der Waals surface area contributed by atoms with Gasteiger partial charge in [-0.3, -0.25) is 4.89 Å². The molecular weight excluding hydrogens is 719 g/mol. The Hall–Kier alpha value is -4.17. The van der Waals surface area contributed by atoms with E-state index >= 15 is 0 Å². The summed E-state index contributed by atoms with van der Waals surface area (Å²) in [4.78, 5) is 11.0. The molecule has 4 aromatic carbocycles. The Kier molecular flexibility index (Phi) is 7.32. The van der Waals surface area contributed by atoms with Crippen molar-refractivity contribution in [2.75, 3.05) is 0 Å². The minimum atomic E-state index is -5.67. The summed E-state index contributed by atoms with van der Waals surface area (Å²) in [5.74, 6) is -1.37. The molecule has 1 N–H and O–H groups in total. The van der Waals surface area contributed by atoms with Crippen molar-refractivity contribution < 1.29 is 71.2 Å². The molecular formula is C33H19F12O4P. The fourth-order valence-corrected chi connectivity index (χ4v) is 8.28. The average molecular weight is 738 g/mol. The Labute approximate surface area is 273 Å². The first-order valence-electron chi connectivity index (χ1n) is 14.6. The number of alkyl halides is 12. The average Bonchev–Trinajstić information content (AvgIpc) is 3.55. The van der Waals surface area contributed by atoms with E-state index < -0.39 is 93.9 Å². The molecule has 17 heteroatoms. The number of hydrogen-bond donors (Lipinski definition) is 1. The Balaban J connectivity index is 1.55. The highest BCUT2D eigenvalue weighted by Crippen LogP contribution is 2.66. The molecule has 3 aliphatic rings. The van der Waals surface area contributed by atoms with Gasteiger partial charge in [0.15, 0.2) is 0 Å². The van der Waals surface area contributed by atoms with Gasteiger partial charge >= 0.3 is 32.5 Å². The summed E-state index contributed by atoms with van der Waals surface area (Å²) < 4.78 is 192. The first-order chi connectivity index (χ1) is 23.0. The normalized spacial score (nSPS) is 17.7. The lowest BCUT2D eigenvalue weighted by Crippen LogP contribution is -2.25. The molecule has 0 fully saturated rings. The molecule has 0 aromatic heterocycles. The third kappa shape index (κ3) is 5.42. The van der Waals surface area contributed by atoms with E-state index in [1.165, 1.54) is 12.1 Å². The third-order valence-corrected chi connectivity index (χ3v) is 10.2. The van der Waals surface area contributed by atoms with Crippen molar-refractivity contribution in [1.82, 2.24) is 0 Å². The fourth-order valence-electron chi connectivity index (χ4n) is 7.40. The van der Waals surface area contributed by atoms with Crippen molar-refractivity contribution in [2.45, 2.75) is 55.8 Å². The summed E-state index contributed by atoms with van der Waals surface area (Å²) in [5.41, 5.74) is -9.90. The smallest absolute Gasteiger partial charge is 0.394 e. The van der Waals surface area contributed by atoms with Crippen molar-refractivity contribution in [3.63, 3.8) is 0 Å². The first kappa shape index (κ1) is 34.3. The predicted octanol–water partition coefficient (Wildman–Crippen LogP) is 11.1. The summed E-state index contributed by atoms with van der Waals surface area (Å²) >= 11 is 0. The van der Waals surface area contributed by atoms with Gasteiger partial charge in [-0.2, -0.15) is 52.7 Å². The van der Waals surface area contributed by atoms with Gasteiger partial charge in [0.05, 0.1) is 22.3 Å². The highest BCUT2D eigenvalue weighted by molar-refractivity contribution is 7.48. The van der Waals surface area contributed by atoms with Crippen LogP contribution in [0.15, 0.2) is 60.7 Å². The summed E-state index contributed by atoms with van der Waals surface area (Å²) in [6, 6.07) is 6.04. The second kappa shape index (κ2) is 10.7. The molecule has 2 aliphatic carbocycles.